The van der Waals surface area contributed by atoms with E-state index in [9.17, 15) is 4.79 Å². The van der Waals surface area contributed by atoms with E-state index in [-0.39, 0.29) is 5.91 Å². The Kier molecular flexibility index (Phi) is 8.42. The minimum atomic E-state index is -0.833. The summed E-state index contributed by atoms with van der Waals surface area (Å²) >= 11 is 0. The fourth-order valence-corrected chi connectivity index (χ4v) is 2.35. The van der Waals surface area contributed by atoms with Crippen molar-refractivity contribution in [2.45, 2.75) is 65.8 Å². The standard InChI is InChI=1S/C12H23NO.C2H4O2/c1-10(2)13(11(3)14)9-12-7-5-4-6-8-12;1-2(3)4/h10,12H,4-9H2,1-3H3;1H3,(H,3,4). The fraction of sp³-hybridized carbons (Fsp3) is 0.857. The molecule has 1 rings (SSSR count). The third-order valence-corrected chi connectivity index (χ3v) is 3.21. The highest BCUT2D eigenvalue weighted by Crippen LogP contribution is 2.24. The molecule has 4 nitrogen and oxygen atoms in total. The Bertz CT molecular complexity index is 254. The van der Waals surface area contributed by atoms with Crippen LogP contribution in [0.5, 0.6) is 0 Å². The second kappa shape index (κ2) is 8.95. The largest absolute Gasteiger partial charge is 0.481 e. The maximum absolute atomic E-state index is 11.4. The summed E-state index contributed by atoms with van der Waals surface area (Å²) in [7, 11) is 0. The van der Waals surface area contributed by atoms with Crippen molar-refractivity contribution in [1.29, 1.82) is 0 Å². The summed E-state index contributed by atoms with van der Waals surface area (Å²) in [5, 5.41) is 7.42. The van der Waals surface area contributed by atoms with Gasteiger partial charge in [-0.1, -0.05) is 19.3 Å². The summed E-state index contributed by atoms with van der Waals surface area (Å²) in [5.74, 6) is 0.153. The molecule has 1 saturated carbocycles. The normalized spacial score (nSPS) is 15.8. The van der Waals surface area contributed by atoms with Crippen LogP contribution in [0.15, 0.2) is 0 Å². The Morgan fingerprint density at radius 3 is 1.94 bits per heavy atom. The zero-order valence-electron chi connectivity index (χ0n) is 12.1. The number of aliphatic carboxylic acids is 1. The molecule has 1 amide bonds. The number of amides is 1. The van der Waals surface area contributed by atoms with Crippen LogP contribution in [0.3, 0.4) is 0 Å². The molecule has 0 unspecified atom stereocenters. The predicted octanol–water partition coefficient (Wildman–Crippen LogP) is 2.91. The lowest BCUT2D eigenvalue weighted by Crippen LogP contribution is -2.39. The van der Waals surface area contributed by atoms with Gasteiger partial charge in [0, 0.05) is 26.4 Å². The van der Waals surface area contributed by atoms with Crippen molar-refractivity contribution in [3.8, 4) is 0 Å². The SMILES string of the molecule is CC(=O)N(CC1CCCCC1)C(C)C.CC(=O)O. The summed E-state index contributed by atoms with van der Waals surface area (Å²) < 4.78 is 0. The molecule has 4 heteroatoms. The van der Waals surface area contributed by atoms with Crippen molar-refractivity contribution in [2.75, 3.05) is 6.54 Å². The molecule has 0 heterocycles. The average molecular weight is 257 g/mol. The molecule has 0 saturated heterocycles. The Labute approximate surface area is 110 Å². The summed E-state index contributed by atoms with van der Waals surface area (Å²) in [5.41, 5.74) is 0. The zero-order chi connectivity index (χ0) is 14.1. The van der Waals surface area contributed by atoms with Crippen molar-refractivity contribution in [3.63, 3.8) is 0 Å². The number of carbonyl (C=O) groups excluding carboxylic acids is 1. The van der Waals surface area contributed by atoms with Crippen LogP contribution in [0.2, 0.25) is 0 Å². The van der Waals surface area contributed by atoms with Crippen molar-refractivity contribution in [2.24, 2.45) is 5.92 Å². The molecule has 1 N–H and O–H groups in total. The van der Waals surface area contributed by atoms with Crippen molar-refractivity contribution in [1.82, 2.24) is 4.90 Å². The van der Waals surface area contributed by atoms with Crippen LogP contribution in [-0.4, -0.2) is 34.5 Å². The zero-order valence-corrected chi connectivity index (χ0v) is 12.1. The van der Waals surface area contributed by atoms with Crippen LogP contribution in [0.25, 0.3) is 0 Å². The highest BCUT2D eigenvalue weighted by atomic mass is 16.4. The van der Waals surface area contributed by atoms with Gasteiger partial charge in [0.2, 0.25) is 5.91 Å². The molecule has 1 aliphatic carbocycles. The lowest BCUT2D eigenvalue weighted by atomic mass is 9.88. The topological polar surface area (TPSA) is 57.6 Å². The van der Waals surface area contributed by atoms with E-state index in [1.54, 1.807) is 6.92 Å². The molecule has 0 aromatic rings. The van der Waals surface area contributed by atoms with Crippen molar-refractivity contribution in [3.05, 3.63) is 0 Å². The van der Waals surface area contributed by atoms with Gasteiger partial charge < -0.3 is 10.0 Å². The summed E-state index contributed by atoms with van der Waals surface area (Å²) in [6.07, 6.45) is 6.73. The third-order valence-electron chi connectivity index (χ3n) is 3.21. The van der Waals surface area contributed by atoms with Crippen molar-refractivity contribution < 1.29 is 14.7 Å². The predicted molar refractivity (Wildman–Crippen MR) is 72.4 cm³/mol. The number of rotatable bonds is 3. The summed E-state index contributed by atoms with van der Waals surface area (Å²) in [6.45, 7) is 7.95. The molecule has 0 spiro atoms. The molecule has 0 aromatic carbocycles. The number of carboxylic acid groups (broad SMARTS) is 1. The van der Waals surface area contributed by atoms with Gasteiger partial charge in [0.05, 0.1) is 0 Å². The molecule has 0 bridgehead atoms. The van der Waals surface area contributed by atoms with Gasteiger partial charge in [-0.15, -0.1) is 0 Å². The molecular weight excluding hydrogens is 230 g/mol. The van der Waals surface area contributed by atoms with Gasteiger partial charge in [-0.2, -0.15) is 0 Å². The number of hydrogen-bond donors (Lipinski definition) is 1. The van der Waals surface area contributed by atoms with Crippen LogP contribution >= 0.6 is 0 Å². The highest BCUT2D eigenvalue weighted by Gasteiger charge is 2.20. The second-order valence-corrected chi connectivity index (χ2v) is 5.29. The number of hydrogen-bond acceptors (Lipinski definition) is 2. The highest BCUT2D eigenvalue weighted by molar-refractivity contribution is 5.73. The molecule has 18 heavy (non-hydrogen) atoms. The van der Waals surface area contributed by atoms with Crippen LogP contribution in [0.4, 0.5) is 0 Å². The third kappa shape index (κ3) is 8.09. The maximum atomic E-state index is 11.4. The summed E-state index contributed by atoms with van der Waals surface area (Å²) in [4.78, 5) is 22.4. The van der Waals surface area contributed by atoms with Crippen molar-refractivity contribution >= 4 is 11.9 Å². The molecule has 1 aliphatic rings. The van der Waals surface area contributed by atoms with Crippen LogP contribution < -0.4 is 0 Å². The van der Waals surface area contributed by atoms with E-state index in [0.29, 0.717) is 6.04 Å². The van der Waals surface area contributed by atoms with Gasteiger partial charge in [0.1, 0.15) is 0 Å². The van der Waals surface area contributed by atoms with E-state index in [1.807, 2.05) is 4.90 Å². The molecule has 0 aliphatic heterocycles. The van der Waals surface area contributed by atoms with Crippen LogP contribution in [0.1, 0.15) is 59.8 Å². The Morgan fingerprint density at radius 1 is 1.17 bits per heavy atom. The summed E-state index contributed by atoms with van der Waals surface area (Å²) in [6, 6.07) is 0.356. The molecule has 1 fully saturated rings. The van der Waals surface area contributed by atoms with Gasteiger partial charge in [-0.3, -0.25) is 9.59 Å². The second-order valence-electron chi connectivity index (χ2n) is 5.29. The van der Waals surface area contributed by atoms with Gasteiger partial charge >= 0.3 is 0 Å². The monoisotopic (exact) mass is 257 g/mol. The first-order chi connectivity index (χ1) is 8.34. The quantitative estimate of drug-likeness (QED) is 0.845. The number of carboxylic acids is 1. The first-order valence-corrected chi connectivity index (χ1v) is 6.81. The Morgan fingerprint density at radius 2 is 1.61 bits per heavy atom. The van der Waals surface area contributed by atoms with E-state index in [4.69, 9.17) is 9.90 Å². The van der Waals surface area contributed by atoms with E-state index >= 15 is 0 Å². The van der Waals surface area contributed by atoms with Crippen LogP contribution in [-0.2, 0) is 9.59 Å². The van der Waals surface area contributed by atoms with E-state index in [2.05, 4.69) is 13.8 Å². The first kappa shape index (κ1) is 16.9. The smallest absolute Gasteiger partial charge is 0.300 e. The average Bonchev–Trinajstić information content (AvgIpc) is 2.25. The van der Waals surface area contributed by atoms with Gasteiger partial charge in [0.25, 0.3) is 5.97 Å². The van der Waals surface area contributed by atoms with Gasteiger partial charge in [0.15, 0.2) is 0 Å². The molecular formula is C14H27NO3. The Hall–Kier alpha value is -1.06. The number of nitrogens with zero attached hydrogens (tertiary/aromatic N) is 1. The molecule has 0 atom stereocenters. The van der Waals surface area contributed by atoms with Gasteiger partial charge in [-0.05, 0) is 32.6 Å². The molecule has 106 valence electrons. The van der Waals surface area contributed by atoms with E-state index < -0.39 is 5.97 Å². The minimum Gasteiger partial charge on any atom is -0.481 e. The lowest BCUT2D eigenvalue weighted by Gasteiger charge is -2.31. The van der Waals surface area contributed by atoms with E-state index in [0.717, 1.165) is 19.4 Å². The van der Waals surface area contributed by atoms with Gasteiger partial charge in [-0.25, -0.2) is 0 Å². The Balaban J connectivity index is 0.000000631. The van der Waals surface area contributed by atoms with E-state index in [1.165, 1.54) is 32.1 Å². The molecule has 0 aromatic heterocycles. The van der Waals surface area contributed by atoms with Crippen LogP contribution in [0, 0.1) is 5.92 Å². The number of carbonyl (C=O) groups is 2. The molecule has 0 radical (unpaired) electrons. The lowest BCUT2D eigenvalue weighted by molar-refractivity contribution is -0.134. The minimum absolute atomic E-state index is 0.227. The first-order valence-electron chi connectivity index (χ1n) is 6.81. The fourth-order valence-electron chi connectivity index (χ4n) is 2.35. The maximum Gasteiger partial charge on any atom is 0.300 e.